The molecule has 3 aromatic rings. The third kappa shape index (κ3) is 2.34. The summed E-state index contributed by atoms with van der Waals surface area (Å²) in [5.74, 6) is -1.02. The normalized spacial score (nSPS) is 11.2. The van der Waals surface area contributed by atoms with Crippen LogP contribution < -0.4 is 5.56 Å². The van der Waals surface area contributed by atoms with E-state index in [2.05, 4.69) is 0 Å². The number of hydrogen-bond donors (Lipinski definition) is 0. The minimum Gasteiger partial charge on any atom is -0.309 e. The molecule has 0 spiro atoms. The van der Waals surface area contributed by atoms with E-state index in [1.165, 1.54) is 23.7 Å². The molecule has 3 rings (SSSR count). The lowest BCUT2D eigenvalue weighted by Gasteiger charge is -2.14. The van der Waals surface area contributed by atoms with E-state index in [4.69, 9.17) is 0 Å². The van der Waals surface area contributed by atoms with Crippen LogP contribution in [0, 0.1) is 18.6 Å². The zero-order chi connectivity index (χ0) is 16.7. The number of pyridine rings is 1. The second kappa shape index (κ2) is 5.61. The van der Waals surface area contributed by atoms with Crippen LogP contribution in [0.1, 0.15) is 18.1 Å². The van der Waals surface area contributed by atoms with Crippen molar-refractivity contribution in [2.75, 3.05) is 0 Å². The van der Waals surface area contributed by atoms with Crippen molar-refractivity contribution in [3.63, 3.8) is 0 Å². The van der Waals surface area contributed by atoms with Gasteiger partial charge < -0.3 is 4.57 Å². The number of hydrogen-bond acceptors (Lipinski definition) is 1. The lowest BCUT2D eigenvalue weighted by Crippen LogP contribution is -2.17. The summed E-state index contributed by atoms with van der Waals surface area (Å²) in [5.41, 5.74) is 1.82. The first-order valence-corrected chi connectivity index (χ1v) is 7.52. The molecule has 0 atom stereocenters. The number of aryl methyl sites for hydroxylation is 3. The highest BCUT2D eigenvalue weighted by atomic mass is 19.1. The van der Waals surface area contributed by atoms with Crippen molar-refractivity contribution in [1.82, 2.24) is 4.57 Å². The summed E-state index contributed by atoms with van der Waals surface area (Å²) < 4.78 is 30.7. The molecule has 2 nitrogen and oxygen atoms in total. The van der Waals surface area contributed by atoms with E-state index in [0.29, 0.717) is 17.4 Å². The maximum Gasteiger partial charge on any atom is 0.251 e. The molecule has 0 saturated heterocycles. The first kappa shape index (κ1) is 15.4. The van der Waals surface area contributed by atoms with E-state index in [9.17, 15) is 9.18 Å². The molecule has 0 aliphatic rings. The molecule has 0 aliphatic carbocycles. The Balaban J connectivity index is 2.45. The van der Waals surface area contributed by atoms with Gasteiger partial charge in [0.1, 0.15) is 5.82 Å². The Hall–Kier alpha value is -2.49. The van der Waals surface area contributed by atoms with Crippen LogP contribution in [0.5, 0.6) is 0 Å². The Bertz CT molecular complexity index is 973. The summed E-state index contributed by atoms with van der Waals surface area (Å²) >= 11 is 0. The topological polar surface area (TPSA) is 22.0 Å². The lowest BCUT2D eigenvalue weighted by atomic mass is 9.95. The van der Waals surface area contributed by atoms with Crippen LogP contribution in [0.25, 0.3) is 22.0 Å². The van der Waals surface area contributed by atoms with Gasteiger partial charge in [-0.15, -0.1) is 0 Å². The highest BCUT2D eigenvalue weighted by Gasteiger charge is 2.18. The van der Waals surface area contributed by atoms with Crippen LogP contribution in [0.4, 0.5) is 8.78 Å². The second-order valence-corrected chi connectivity index (χ2v) is 5.68. The third-order valence-corrected chi connectivity index (χ3v) is 4.30. The second-order valence-electron chi connectivity index (χ2n) is 5.68. The fraction of sp³-hybridized carbons (Fsp3) is 0.211. The predicted octanol–water partition coefficient (Wildman–Crippen LogP) is 4.35. The molecule has 0 bridgehead atoms. The Morgan fingerprint density at radius 3 is 2.57 bits per heavy atom. The van der Waals surface area contributed by atoms with Crippen LogP contribution in [-0.2, 0) is 13.5 Å². The van der Waals surface area contributed by atoms with Gasteiger partial charge in [-0.1, -0.05) is 31.2 Å². The number of fused-ring (bicyclic) bond motifs is 1. The minimum atomic E-state index is -0.564. The van der Waals surface area contributed by atoms with Gasteiger partial charge in [0.25, 0.3) is 5.56 Å². The van der Waals surface area contributed by atoms with E-state index in [1.54, 1.807) is 31.2 Å². The Morgan fingerprint density at radius 1 is 1.13 bits per heavy atom. The molecule has 118 valence electrons. The van der Waals surface area contributed by atoms with E-state index < -0.39 is 11.6 Å². The molecule has 0 saturated carbocycles. The standard InChI is InChI=1S/C19H17F2NO/c1-4-12-6-5-7-15(20)17(12)14-9-8-13-11(2)10-16(23)22(3)19(13)18(14)21/h5-10H,4H2,1-3H3. The first-order chi connectivity index (χ1) is 11.0. The van der Waals surface area contributed by atoms with Crippen LogP contribution in [0.2, 0.25) is 0 Å². The number of halogens is 2. The molecule has 0 amide bonds. The van der Waals surface area contributed by atoms with E-state index >= 15 is 4.39 Å². The van der Waals surface area contributed by atoms with Crippen molar-refractivity contribution < 1.29 is 8.78 Å². The van der Waals surface area contributed by atoms with Crippen molar-refractivity contribution in [2.45, 2.75) is 20.3 Å². The highest BCUT2D eigenvalue weighted by Crippen LogP contribution is 2.33. The van der Waals surface area contributed by atoms with Gasteiger partial charge in [-0.2, -0.15) is 0 Å². The maximum atomic E-state index is 15.1. The molecule has 0 unspecified atom stereocenters. The van der Waals surface area contributed by atoms with Crippen molar-refractivity contribution in [1.29, 1.82) is 0 Å². The van der Waals surface area contributed by atoms with Gasteiger partial charge >= 0.3 is 0 Å². The zero-order valence-electron chi connectivity index (χ0n) is 13.3. The smallest absolute Gasteiger partial charge is 0.251 e. The van der Waals surface area contributed by atoms with Gasteiger partial charge in [-0.25, -0.2) is 8.78 Å². The third-order valence-electron chi connectivity index (χ3n) is 4.30. The molecular formula is C19H17F2NO. The Kier molecular flexibility index (Phi) is 3.76. The highest BCUT2D eigenvalue weighted by molar-refractivity contribution is 5.88. The fourth-order valence-electron chi connectivity index (χ4n) is 3.04. The molecular weight excluding hydrogens is 296 g/mol. The SMILES string of the molecule is CCc1cccc(F)c1-c1ccc2c(C)cc(=O)n(C)c2c1F. The molecule has 0 aliphatic heterocycles. The van der Waals surface area contributed by atoms with Crippen LogP contribution in [0.3, 0.4) is 0 Å². The van der Waals surface area contributed by atoms with E-state index in [1.807, 2.05) is 6.92 Å². The average molecular weight is 313 g/mol. The molecule has 1 heterocycles. The number of aromatic nitrogens is 1. The molecule has 1 aromatic heterocycles. The average Bonchev–Trinajstić information content (AvgIpc) is 2.53. The summed E-state index contributed by atoms with van der Waals surface area (Å²) in [6.45, 7) is 3.67. The molecule has 2 aromatic carbocycles. The maximum absolute atomic E-state index is 15.1. The number of benzene rings is 2. The van der Waals surface area contributed by atoms with Crippen LogP contribution in [-0.4, -0.2) is 4.57 Å². The summed E-state index contributed by atoms with van der Waals surface area (Å²) in [6, 6.07) is 9.55. The number of nitrogens with zero attached hydrogens (tertiary/aromatic N) is 1. The van der Waals surface area contributed by atoms with Crippen LogP contribution in [0.15, 0.2) is 41.2 Å². The van der Waals surface area contributed by atoms with Gasteiger partial charge in [0, 0.05) is 29.6 Å². The lowest BCUT2D eigenvalue weighted by molar-refractivity contribution is 0.616. The molecule has 23 heavy (non-hydrogen) atoms. The van der Waals surface area contributed by atoms with Crippen LogP contribution >= 0.6 is 0 Å². The van der Waals surface area contributed by atoms with Crippen molar-refractivity contribution >= 4 is 10.9 Å². The van der Waals surface area contributed by atoms with Crippen molar-refractivity contribution in [3.05, 3.63) is 69.5 Å². The zero-order valence-corrected chi connectivity index (χ0v) is 13.3. The Labute approximate surface area is 133 Å². The number of rotatable bonds is 2. The largest absolute Gasteiger partial charge is 0.309 e. The van der Waals surface area contributed by atoms with Crippen molar-refractivity contribution in [2.24, 2.45) is 7.05 Å². The summed E-state index contributed by atoms with van der Waals surface area (Å²) in [6.07, 6.45) is 0.595. The van der Waals surface area contributed by atoms with Crippen molar-refractivity contribution in [3.8, 4) is 11.1 Å². The monoisotopic (exact) mass is 313 g/mol. The van der Waals surface area contributed by atoms with E-state index in [-0.39, 0.29) is 22.2 Å². The predicted molar refractivity (Wildman–Crippen MR) is 88.7 cm³/mol. The minimum absolute atomic E-state index is 0.188. The van der Waals surface area contributed by atoms with Gasteiger partial charge in [0.2, 0.25) is 0 Å². The first-order valence-electron chi connectivity index (χ1n) is 7.52. The summed E-state index contributed by atoms with van der Waals surface area (Å²) in [7, 11) is 1.53. The molecule has 4 heteroatoms. The quantitative estimate of drug-likeness (QED) is 0.689. The molecule has 0 N–H and O–H groups in total. The Morgan fingerprint density at radius 2 is 1.87 bits per heavy atom. The fourth-order valence-corrected chi connectivity index (χ4v) is 3.04. The van der Waals surface area contributed by atoms with E-state index in [0.717, 1.165) is 5.56 Å². The molecule has 0 fully saturated rings. The summed E-state index contributed by atoms with van der Waals surface area (Å²) in [4.78, 5) is 12.0. The van der Waals surface area contributed by atoms with Gasteiger partial charge in [0.15, 0.2) is 5.82 Å². The van der Waals surface area contributed by atoms with Gasteiger partial charge in [0.05, 0.1) is 5.52 Å². The summed E-state index contributed by atoms with van der Waals surface area (Å²) in [5, 5.41) is 0.655. The molecule has 0 radical (unpaired) electrons. The van der Waals surface area contributed by atoms with Gasteiger partial charge in [-0.05, 0) is 30.5 Å². The van der Waals surface area contributed by atoms with Gasteiger partial charge in [-0.3, -0.25) is 4.79 Å².